The molecule has 0 spiro atoms. The highest BCUT2D eigenvalue weighted by Gasteiger charge is 2.49. The molecular formula is C54H92N10O17. The molecule has 3 heterocycles. The normalized spacial score (nSPS) is 28.6. The van der Waals surface area contributed by atoms with Gasteiger partial charge < -0.3 is 93.8 Å². The molecule has 460 valence electrons. The molecule has 0 radical (unpaired) electrons. The number of aliphatic hydroxyl groups is 7. The van der Waals surface area contributed by atoms with Crippen LogP contribution in [0.3, 0.4) is 0 Å². The second kappa shape index (κ2) is 34.7. The second-order valence-corrected chi connectivity index (χ2v) is 21.5. The molecule has 16 atom stereocenters. The molecule has 0 bridgehead atoms. The van der Waals surface area contributed by atoms with Gasteiger partial charge in [0.2, 0.25) is 41.4 Å². The maximum atomic E-state index is 14.7. The van der Waals surface area contributed by atoms with Crippen molar-refractivity contribution in [3.05, 3.63) is 29.8 Å². The highest BCUT2D eigenvalue weighted by molar-refractivity contribution is 5.98. The number of carbonyl (C=O) groups excluding carboxylic acids is 7. The molecule has 3 aliphatic heterocycles. The van der Waals surface area contributed by atoms with Crippen LogP contribution in [0.4, 0.5) is 0 Å². The number of carbonyl (C=O) groups is 8. The smallest absolute Gasteiger partial charge is 0.300 e. The van der Waals surface area contributed by atoms with Crippen LogP contribution >= 0.6 is 0 Å². The van der Waals surface area contributed by atoms with Crippen LogP contribution in [0.2, 0.25) is 0 Å². The number of carboxylic acids is 1. The number of nitrogens with zero attached hydrogens (tertiary/aromatic N) is 2. The Morgan fingerprint density at radius 1 is 0.753 bits per heavy atom. The van der Waals surface area contributed by atoms with Gasteiger partial charge in [0, 0.05) is 57.8 Å². The van der Waals surface area contributed by atoms with Crippen LogP contribution in [-0.2, 0) is 38.4 Å². The molecule has 19 N–H and O–H groups in total. The van der Waals surface area contributed by atoms with E-state index in [0.717, 1.165) is 75.8 Å². The number of rotatable bonds is 23. The minimum atomic E-state index is -3.33. The zero-order chi connectivity index (χ0) is 64.3. The molecule has 0 aromatic heterocycles. The Morgan fingerprint density at radius 2 is 1.35 bits per heavy atom. The van der Waals surface area contributed by atoms with Gasteiger partial charge in [-0.05, 0) is 68.7 Å². The quantitative estimate of drug-likeness (QED) is 0.0479. The van der Waals surface area contributed by atoms with Gasteiger partial charge in [-0.3, -0.25) is 43.7 Å². The number of amides is 7. The van der Waals surface area contributed by atoms with E-state index in [1.54, 1.807) is 0 Å². The van der Waals surface area contributed by atoms with Crippen LogP contribution in [-0.4, -0.2) is 215 Å². The molecule has 0 unspecified atom stereocenters. The van der Waals surface area contributed by atoms with Gasteiger partial charge in [0.25, 0.3) is 5.97 Å². The lowest BCUT2D eigenvalue weighted by Gasteiger charge is -2.35. The van der Waals surface area contributed by atoms with Crippen molar-refractivity contribution < 1.29 is 89.8 Å². The maximum absolute atomic E-state index is 14.7. The minimum absolute atomic E-state index is 0.106. The monoisotopic (exact) mass is 1160 g/mol. The van der Waals surface area contributed by atoms with Crippen molar-refractivity contribution in [1.29, 1.82) is 0 Å². The average Bonchev–Trinajstić information content (AvgIpc) is 4.27. The first-order valence-electron chi connectivity index (χ1n) is 29.8. The number of nitrogens with two attached hydrogens (primary N) is 2. The van der Waals surface area contributed by atoms with Crippen molar-refractivity contribution in [3.8, 4) is 5.75 Å². The fourth-order valence-corrected chi connectivity index (χ4v) is 10.1. The van der Waals surface area contributed by atoms with E-state index >= 15 is 0 Å². The number of phenols is 1. The van der Waals surface area contributed by atoms with Crippen molar-refractivity contribution in [2.75, 3.05) is 32.6 Å². The summed E-state index contributed by atoms with van der Waals surface area (Å²) < 4.78 is 32.9. The van der Waals surface area contributed by atoms with Gasteiger partial charge in [0.15, 0.2) is 0 Å². The molecule has 3 saturated heterocycles. The number of aliphatic hydroxyl groups excluding tert-OH is 7. The number of phenolic OH excluding ortho intramolecular Hbond substituents is 1. The summed E-state index contributed by atoms with van der Waals surface area (Å²) in [6.45, 7) is 0.847. The average molecular weight is 1160 g/mol. The first-order valence-corrected chi connectivity index (χ1v) is 27.8. The molecule has 27 nitrogen and oxygen atoms in total. The van der Waals surface area contributed by atoms with Gasteiger partial charge in [-0.25, -0.2) is 0 Å². The predicted molar refractivity (Wildman–Crippen MR) is 293 cm³/mol. The summed E-state index contributed by atoms with van der Waals surface area (Å²) in [6, 6.07) is -7.46. The molecule has 1 aromatic carbocycles. The summed E-state index contributed by atoms with van der Waals surface area (Å²) in [5.41, 5.74) is 11.2. The third kappa shape index (κ3) is 21.9. The number of aromatic hydroxyl groups is 1. The van der Waals surface area contributed by atoms with E-state index < -0.39 is 178 Å². The minimum Gasteiger partial charge on any atom is -0.508 e. The molecule has 0 aliphatic carbocycles. The van der Waals surface area contributed by atoms with Gasteiger partial charge in [-0.15, -0.1) is 0 Å². The van der Waals surface area contributed by atoms with Gasteiger partial charge in [0.1, 0.15) is 60.4 Å². The van der Waals surface area contributed by atoms with Crippen molar-refractivity contribution in [1.82, 2.24) is 41.7 Å². The van der Waals surface area contributed by atoms with Crippen molar-refractivity contribution in [3.63, 3.8) is 0 Å². The van der Waals surface area contributed by atoms with Gasteiger partial charge in [0.05, 0.1) is 30.5 Å². The summed E-state index contributed by atoms with van der Waals surface area (Å²) >= 11 is 0. The molecule has 1 aromatic rings. The predicted octanol–water partition coefficient (Wildman–Crippen LogP) is -3.22. The number of fused-ring (bicyclic) bond motifs is 2. The molecule has 0 saturated carbocycles. The number of hydrogen-bond acceptors (Lipinski definition) is 19. The number of benzene rings is 1. The topological polar surface area (TPSA) is 449 Å². The summed E-state index contributed by atoms with van der Waals surface area (Å²) in [4.78, 5) is 111. The van der Waals surface area contributed by atoms with Crippen LogP contribution in [0.25, 0.3) is 0 Å². The van der Waals surface area contributed by atoms with E-state index in [9.17, 15) is 74.4 Å². The molecule has 81 heavy (non-hydrogen) atoms. The molecule has 3 aliphatic rings. The maximum Gasteiger partial charge on any atom is 0.300 e. The largest absolute Gasteiger partial charge is 0.508 e. The van der Waals surface area contributed by atoms with E-state index in [4.69, 9.17) is 26.9 Å². The lowest BCUT2D eigenvalue weighted by molar-refractivity contribution is -0.148. The van der Waals surface area contributed by atoms with Crippen molar-refractivity contribution >= 4 is 47.3 Å². The molecule has 7 amide bonds. The van der Waals surface area contributed by atoms with Crippen LogP contribution in [0.5, 0.6) is 5.75 Å². The summed E-state index contributed by atoms with van der Waals surface area (Å²) in [7, 11) is 0. The standard InChI is InChI=1S/C52H88N10O15.C2H4O2/c1-5-28(2)24-29(3)12-10-8-6-7-9-11-13-39(69)56-34-26-38(68)46(55-22-21-54)60-50(75)43-37(67)19-23-61(43)52(77)41(36(66)18-20-53)58-49(74)42(45(71)44(70)31-14-16-32(64)17-15-31)59-48(73)35-25-33(65)27-62(35)51(76)40(30(4)63)57-47(34)72;1-2(3)4/h14-17,28-30,33-38,40-46,55,63-68,70-71H,5-13,18-27,53-54H2,1-4H3,(H,56,69)(H,57,72)(H,58,74)(H,59,73)(H,60,75);1H3,(H,3,4)/t28-,29+,30+,33+,34-,35-,36+,37-,38+,40-,41-,42-,43-,44-,45-,46-;/m0./s1/i21D2,22D2;. The molecule has 3 fully saturated rings. The number of nitrogens with one attached hydrogen (secondary N) is 6. The van der Waals surface area contributed by atoms with E-state index in [-0.39, 0.29) is 30.7 Å². The Balaban J connectivity index is 0.00000458. The number of aliphatic carboxylic acids is 1. The summed E-state index contributed by atoms with van der Waals surface area (Å²) in [5, 5.41) is 111. The molecule has 4 rings (SSSR count). The zero-order valence-electron chi connectivity index (χ0n) is 50.9. The third-order valence-electron chi connectivity index (χ3n) is 14.7. The van der Waals surface area contributed by atoms with Crippen molar-refractivity contribution in [2.24, 2.45) is 23.3 Å². The lowest BCUT2D eigenvalue weighted by atomic mass is 9.91. The van der Waals surface area contributed by atoms with E-state index in [1.165, 1.54) is 12.1 Å². The fraction of sp³-hybridized carbons (Fsp3) is 0.741. The Kier molecular flexibility index (Phi) is 27.0. The van der Waals surface area contributed by atoms with Crippen LogP contribution in [0, 0.1) is 11.8 Å². The van der Waals surface area contributed by atoms with Crippen molar-refractivity contribution in [2.45, 2.75) is 210 Å². The first kappa shape index (κ1) is 63.0. The zero-order valence-corrected chi connectivity index (χ0v) is 46.9. The fourth-order valence-electron chi connectivity index (χ4n) is 10.1. The summed E-state index contributed by atoms with van der Waals surface area (Å²) in [6.07, 6.45) is -10.0. The Labute approximate surface area is 478 Å². The van der Waals surface area contributed by atoms with Crippen LogP contribution in [0.15, 0.2) is 24.3 Å². The second-order valence-electron chi connectivity index (χ2n) is 21.5. The Hall–Kier alpha value is -5.62. The molecular weight excluding hydrogens is 1060 g/mol. The van der Waals surface area contributed by atoms with E-state index in [1.807, 2.05) is 0 Å². The Bertz CT molecular complexity index is 2360. The summed E-state index contributed by atoms with van der Waals surface area (Å²) in [5.74, 6) is -8.38. The van der Waals surface area contributed by atoms with E-state index in [0.29, 0.717) is 29.6 Å². The highest BCUT2D eigenvalue weighted by atomic mass is 16.4. The third-order valence-corrected chi connectivity index (χ3v) is 14.7. The van der Waals surface area contributed by atoms with Crippen LogP contribution in [0.1, 0.15) is 142 Å². The lowest BCUT2D eigenvalue weighted by Crippen LogP contribution is -2.65. The number of unbranched alkanes of at least 4 members (excludes halogenated alkanes) is 5. The number of carboxylic acid groups (broad SMARTS) is 1. The van der Waals surface area contributed by atoms with Gasteiger partial charge in [-0.1, -0.05) is 77.8 Å². The highest BCUT2D eigenvalue weighted by Crippen LogP contribution is 2.27. The first-order chi connectivity index (χ1) is 39.6. The SMILES string of the molecule is CC(=O)O.[2H]C([2H])(N)C([2H])([2H])N[C@H]1NC(=O)[C@@H]2[C@@H](O)CCN2C(=O)[C@H]([C@H](O)CCN)NC(=O)[C@H]([C@H](O)[C@@H](O)c2ccc(O)cc2)NC(=O)[C@@H]2C[C@@H](O)CN2C(=O)[C@H]([C@@H](C)O)NC(=O)[C@@H](NC(=O)CCCCCCCC[C@@H](C)C[C@@H](C)CC)C[C@H]1O. The molecule has 27 heteroatoms. The van der Waals surface area contributed by atoms with E-state index in [2.05, 4.69) is 52.7 Å². The van der Waals surface area contributed by atoms with Gasteiger partial charge >= 0.3 is 0 Å². The van der Waals surface area contributed by atoms with Crippen LogP contribution < -0.4 is 43.4 Å². The Morgan fingerprint density at radius 3 is 1.95 bits per heavy atom. The number of hydrogen-bond donors (Lipinski definition) is 17. The van der Waals surface area contributed by atoms with Gasteiger partial charge in [-0.2, -0.15) is 0 Å².